The van der Waals surface area contributed by atoms with Gasteiger partial charge in [0.1, 0.15) is 0 Å². The summed E-state index contributed by atoms with van der Waals surface area (Å²) in [4.78, 5) is 1.24. The molecule has 1 heterocycles. The lowest BCUT2D eigenvalue weighted by atomic mass is 10.2. The third-order valence-corrected chi connectivity index (χ3v) is 3.84. The maximum atomic E-state index is 5.40. The Labute approximate surface area is 118 Å². The summed E-state index contributed by atoms with van der Waals surface area (Å²) in [5, 5.41) is 7.84. The van der Waals surface area contributed by atoms with E-state index in [1.807, 2.05) is 26.1 Å². The zero-order valence-electron chi connectivity index (χ0n) is 11.7. The van der Waals surface area contributed by atoms with Crippen molar-refractivity contribution in [1.82, 2.24) is 9.78 Å². The summed E-state index contributed by atoms with van der Waals surface area (Å²) in [6.07, 6.45) is 2.08. The van der Waals surface area contributed by atoms with E-state index >= 15 is 0 Å². The van der Waals surface area contributed by atoms with Crippen molar-refractivity contribution in [2.45, 2.75) is 18.4 Å². The molecule has 0 aliphatic heterocycles. The van der Waals surface area contributed by atoms with Crippen LogP contribution in [0.1, 0.15) is 11.3 Å². The van der Waals surface area contributed by atoms with Gasteiger partial charge in [-0.1, -0.05) is 12.1 Å². The lowest BCUT2D eigenvalue weighted by Gasteiger charge is -2.11. The normalized spacial score (nSPS) is 10.5. The molecule has 102 valence electrons. The monoisotopic (exact) mass is 277 g/mol. The highest BCUT2D eigenvalue weighted by Gasteiger charge is 2.13. The van der Waals surface area contributed by atoms with Crippen molar-refractivity contribution >= 4 is 17.4 Å². The summed E-state index contributed by atoms with van der Waals surface area (Å²) in [5.41, 5.74) is 3.23. The van der Waals surface area contributed by atoms with Crippen LogP contribution >= 0.6 is 11.8 Å². The van der Waals surface area contributed by atoms with Crippen LogP contribution in [0.3, 0.4) is 0 Å². The van der Waals surface area contributed by atoms with Gasteiger partial charge in [-0.3, -0.25) is 0 Å². The van der Waals surface area contributed by atoms with E-state index in [1.54, 1.807) is 23.6 Å². The summed E-state index contributed by atoms with van der Waals surface area (Å²) in [6, 6.07) is 8.28. The van der Waals surface area contributed by atoms with Crippen molar-refractivity contribution in [3.63, 3.8) is 0 Å². The van der Waals surface area contributed by atoms with Crippen LogP contribution in [0.5, 0.6) is 5.88 Å². The Balaban J connectivity index is 2.19. The average molecular weight is 277 g/mol. The molecular weight excluding hydrogens is 258 g/mol. The second-order valence-corrected chi connectivity index (χ2v) is 5.10. The highest BCUT2D eigenvalue weighted by molar-refractivity contribution is 7.98. The zero-order chi connectivity index (χ0) is 13.8. The SMILES string of the molecule is COc1c(CNc2ccccc2SC)c(C)nn1C. The Bertz CT molecular complexity index is 566. The largest absolute Gasteiger partial charge is 0.481 e. The molecule has 19 heavy (non-hydrogen) atoms. The number of rotatable bonds is 5. The minimum atomic E-state index is 0.709. The molecule has 4 nitrogen and oxygen atoms in total. The van der Waals surface area contributed by atoms with Crippen LogP contribution in [0.15, 0.2) is 29.2 Å². The number of aromatic nitrogens is 2. The van der Waals surface area contributed by atoms with E-state index < -0.39 is 0 Å². The Morgan fingerprint density at radius 3 is 2.79 bits per heavy atom. The van der Waals surface area contributed by atoms with Gasteiger partial charge in [0.2, 0.25) is 5.88 Å². The van der Waals surface area contributed by atoms with Crippen molar-refractivity contribution in [3.8, 4) is 5.88 Å². The number of nitrogens with zero attached hydrogens (tertiary/aromatic N) is 2. The van der Waals surface area contributed by atoms with Crippen LogP contribution in [-0.4, -0.2) is 23.1 Å². The molecule has 0 saturated carbocycles. The first kappa shape index (κ1) is 13.8. The number of ether oxygens (including phenoxy) is 1. The Morgan fingerprint density at radius 1 is 1.37 bits per heavy atom. The van der Waals surface area contributed by atoms with E-state index in [0.717, 1.165) is 22.8 Å². The molecule has 2 aromatic rings. The molecule has 0 atom stereocenters. The lowest BCUT2D eigenvalue weighted by molar-refractivity contribution is 0.370. The predicted molar refractivity (Wildman–Crippen MR) is 80.0 cm³/mol. The van der Waals surface area contributed by atoms with E-state index in [-0.39, 0.29) is 0 Å². The first-order valence-corrected chi connectivity index (χ1v) is 7.33. The number of benzene rings is 1. The molecule has 1 aromatic heterocycles. The fraction of sp³-hybridized carbons (Fsp3) is 0.357. The molecular formula is C14H19N3OS. The number of hydrogen-bond donors (Lipinski definition) is 1. The topological polar surface area (TPSA) is 39.1 Å². The molecule has 1 N–H and O–H groups in total. The minimum Gasteiger partial charge on any atom is -0.481 e. The Morgan fingerprint density at radius 2 is 2.11 bits per heavy atom. The quantitative estimate of drug-likeness (QED) is 0.853. The summed E-state index contributed by atoms with van der Waals surface area (Å²) in [6.45, 7) is 2.71. The van der Waals surface area contributed by atoms with E-state index in [1.165, 1.54) is 4.90 Å². The summed E-state index contributed by atoms with van der Waals surface area (Å²) >= 11 is 1.74. The van der Waals surface area contributed by atoms with Gasteiger partial charge in [-0.2, -0.15) is 5.10 Å². The van der Waals surface area contributed by atoms with Crippen molar-refractivity contribution in [3.05, 3.63) is 35.5 Å². The van der Waals surface area contributed by atoms with E-state index in [0.29, 0.717) is 6.54 Å². The summed E-state index contributed by atoms with van der Waals surface area (Å²) in [5.74, 6) is 0.812. The van der Waals surface area contributed by atoms with Gasteiger partial charge in [-0.05, 0) is 25.3 Å². The maximum absolute atomic E-state index is 5.40. The predicted octanol–water partition coefficient (Wildman–Crippen LogP) is 3.07. The first-order valence-electron chi connectivity index (χ1n) is 6.10. The Kier molecular flexibility index (Phi) is 4.37. The van der Waals surface area contributed by atoms with E-state index in [2.05, 4.69) is 28.8 Å². The number of para-hydroxylation sites is 1. The van der Waals surface area contributed by atoms with Crippen LogP contribution in [-0.2, 0) is 13.6 Å². The standard InChI is InChI=1S/C14H19N3OS/c1-10-11(14(18-3)17(2)16-10)9-15-12-7-5-6-8-13(12)19-4/h5-8,15H,9H2,1-4H3. The lowest BCUT2D eigenvalue weighted by Crippen LogP contribution is -2.03. The fourth-order valence-corrected chi connectivity index (χ4v) is 2.69. The molecule has 0 fully saturated rings. The van der Waals surface area contributed by atoms with Crippen molar-refractivity contribution < 1.29 is 4.74 Å². The summed E-state index contributed by atoms with van der Waals surface area (Å²) in [7, 11) is 3.57. The molecule has 0 saturated heterocycles. The highest BCUT2D eigenvalue weighted by Crippen LogP contribution is 2.27. The molecule has 0 bridgehead atoms. The van der Waals surface area contributed by atoms with Gasteiger partial charge in [-0.25, -0.2) is 4.68 Å². The number of aryl methyl sites for hydroxylation is 2. The molecule has 0 unspecified atom stereocenters. The zero-order valence-corrected chi connectivity index (χ0v) is 12.5. The van der Waals surface area contributed by atoms with Gasteiger partial charge >= 0.3 is 0 Å². The van der Waals surface area contributed by atoms with Gasteiger partial charge in [0.05, 0.1) is 18.4 Å². The molecule has 0 aliphatic carbocycles. The van der Waals surface area contributed by atoms with Crippen molar-refractivity contribution in [1.29, 1.82) is 0 Å². The van der Waals surface area contributed by atoms with Gasteiger partial charge in [0.15, 0.2) is 0 Å². The van der Waals surface area contributed by atoms with Gasteiger partial charge in [-0.15, -0.1) is 11.8 Å². The van der Waals surface area contributed by atoms with Crippen LogP contribution < -0.4 is 10.1 Å². The number of anilines is 1. The first-order chi connectivity index (χ1) is 9.17. The van der Waals surface area contributed by atoms with Crippen molar-refractivity contribution in [2.24, 2.45) is 7.05 Å². The molecule has 0 aliphatic rings. The molecule has 2 rings (SSSR count). The number of thioether (sulfide) groups is 1. The third kappa shape index (κ3) is 2.87. The van der Waals surface area contributed by atoms with Crippen molar-refractivity contribution in [2.75, 3.05) is 18.7 Å². The minimum absolute atomic E-state index is 0.709. The second-order valence-electron chi connectivity index (χ2n) is 4.25. The number of nitrogens with one attached hydrogen (secondary N) is 1. The molecule has 0 radical (unpaired) electrons. The van der Waals surface area contributed by atoms with Crippen LogP contribution in [0.4, 0.5) is 5.69 Å². The van der Waals surface area contributed by atoms with Gasteiger partial charge < -0.3 is 10.1 Å². The molecule has 5 heteroatoms. The molecule has 0 spiro atoms. The molecule has 1 aromatic carbocycles. The van der Waals surface area contributed by atoms with Gasteiger partial charge in [0.25, 0.3) is 0 Å². The van der Waals surface area contributed by atoms with Crippen LogP contribution in [0.2, 0.25) is 0 Å². The Hall–Kier alpha value is -1.62. The smallest absolute Gasteiger partial charge is 0.216 e. The molecule has 0 amide bonds. The second kappa shape index (κ2) is 6.02. The van der Waals surface area contributed by atoms with Crippen LogP contribution in [0.25, 0.3) is 0 Å². The highest BCUT2D eigenvalue weighted by atomic mass is 32.2. The van der Waals surface area contributed by atoms with Gasteiger partial charge in [0, 0.05) is 24.2 Å². The van der Waals surface area contributed by atoms with Crippen LogP contribution in [0, 0.1) is 6.92 Å². The number of methoxy groups -OCH3 is 1. The van der Waals surface area contributed by atoms with E-state index in [9.17, 15) is 0 Å². The number of hydrogen-bond acceptors (Lipinski definition) is 4. The van der Waals surface area contributed by atoms with E-state index in [4.69, 9.17) is 4.74 Å². The average Bonchev–Trinajstić information content (AvgIpc) is 2.70. The fourth-order valence-electron chi connectivity index (χ4n) is 2.11. The third-order valence-electron chi connectivity index (χ3n) is 3.04. The summed E-state index contributed by atoms with van der Waals surface area (Å²) < 4.78 is 7.17. The maximum Gasteiger partial charge on any atom is 0.216 e.